The molecule has 0 aliphatic heterocycles. The molecule has 4 saturated carbocycles. The number of hydrogen-bond donors (Lipinski definition) is 0. The topological polar surface area (TPSA) is 3.24 Å². The molecule has 0 saturated heterocycles. The molecule has 2 aromatic rings. The fourth-order valence-corrected chi connectivity index (χ4v) is 11.0. The van der Waals surface area contributed by atoms with E-state index in [1.807, 2.05) is 6.07 Å². The zero-order valence-corrected chi connectivity index (χ0v) is 22.7. The van der Waals surface area contributed by atoms with Crippen molar-refractivity contribution < 1.29 is 17.0 Å². The third kappa shape index (κ3) is 5.01. The molecule has 4 aliphatic rings. The van der Waals surface area contributed by atoms with Gasteiger partial charge in [-0.15, -0.1) is 8.58 Å². The summed E-state index contributed by atoms with van der Waals surface area (Å²) >= 11 is 0.105. The molecular formula is C28H37ClNPPd. The van der Waals surface area contributed by atoms with E-state index in [1.165, 1.54) is 64.4 Å². The fraction of sp³-hybridized carbons (Fsp3) is 0.571. The predicted molar refractivity (Wildman–Crippen MR) is 138 cm³/mol. The number of anilines is 1. The Bertz CT molecular complexity index is 892. The molecule has 0 spiro atoms. The molecule has 0 N–H and O–H groups in total. The van der Waals surface area contributed by atoms with Crippen molar-refractivity contribution in [1.29, 1.82) is 0 Å². The molecule has 176 valence electrons. The average Bonchev–Trinajstić information content (AvgIpc) is 3.62. The molecule has 6 rings (SSSR count). The molecule has 7 atom stereocenters. The zero-order chi connectivity index (χ0) is 22.1. The second kappa shape index (κ2) is 10.5. The summed E-state index contributed by atoms with van der Waals surface area (Å²) in [7, 11) is 11.5. The Morgan fingerprint density at radius 2 is 1.31 bits per heavy atom. The van der Waals surface area contributed by atoms with E-state index in [2.05, 4.69) is 61.5 Å². The standard InChI is InChI=1S/C14H14N.C14H23P.ClH.Pd/c1-15(2)14-11-7-6-10-13(14)12-8-4-3-5-9-12;1-3-11-5-9(1)7-13(11)15-14-8-10-2-4-12(14)6-10;;/h3-8,10-11H,1-2H3;9-15H,1-8H2;1H;/q;;;+1/p-1/t;9-,10?,11+,12?,13?,14?;;/m.0../s1. The molecule has 4 heteroatoms. The Morgan fingerprint density at radius 3 is 1.81 bits per heavy atom. The fourth-order valence-electron chi connectivity index (χ4n) is 6.98. The number of fused-ring (bicyclic) bond motifs is 4. The van der Waals surface area contributed by atoms with Gasteiger partial charge < -0.3 is 0 Å². The average molecular weight is 560 g/mol. The van der Waals surface area contributed by atoms with Gasteiger partial charge in [0.25, 0.3) is 0 Å². The van der Waals surface area contributed by atoms with Gasteiger partial charge in [0.2, 0.25) is 0 Å². The third-order valence-corrected chi connectivity index (χ3v) is 12.5. The van der Waals surface area contributed by atoms with Crippen LogP contribution in [0.4, 0.5) is 5.69 Å². The Labute approximate surface area is 209 Å². The van der Waals surface area contributed by atoms with E-state index >= 15 is 0 Å². The van der Waals surface area contributed by atoms with E-state index in [0.29, 0.717) is 0 Å². The van der Waals surface area contributed by atoms with Crippen molar-refractivity contribution in [3.63, 3.8) is 0 Å². The SMILES string of the molecule is C1CC2CC1CC2PC1C[C@H]2CC[C@@H]1C2.CN(C)c1ccccc1-c1cccc[c]1[Pd][Cl]. The quantitative estimate of drug-likeness (QED) is 0.274. The van der Waals surface area contributed by atoms with Gasteiger partial charge in [0.15, 0.2) is 0 Å². The van der Waals surface area contributed by atoms with Crippen LogP contribution in [0.1, 0.15) is 51.4 Å². The maximum absolute atomic E-state index is 6.05. The first-order valence-electron chi connectivity index (χ1n) is 12.4. The van der Waals surface area contributed by atoms with Crippen LogP contribution in [0.2, 0.25) is 0 Å². The zero-order valence-electron chi connectivity index (χ0n) is 19.4. The van der Waals surface area contributed by atoms with Gasteiger partial charge >= 0.3 is 115 Å². The van der Waals surface area contributed by atoms with Crippen LogP contribution in [0, 0.1) is 23.7 Å². The molecule has 4 aliphatic carbocycles. The second-order valence-electron chi connectivity index (χ2n) is 10.6. The number of para-hydroxylation sites is 1. The van der Waals surface area contributed by atoms with Crippen LogP contribution in [0.3, 0.4) is 0 Å². The molecule has 32 heavy (non-hydrogen) atoms. The Kier molecular flexibility index (Phi) is 7.66. The predicted octanol–water partition coefficient (Wildman–Crippen LogP) is 7.32. The van der Waals surface area contributed by atoms with E-state index in [0.717, 1.165) is 0 Å². The van der Waals surface area contributed by atoms with Gasteiger partial charge in [-0.05, 0) is 73.5 Å². The van der Waals surface area contributed by atoms with Gasteiger partial charge in [0.05, 0.1) is 0 Å². The summed E-state index contributed by atoms with van der Waals surface area (Å²) in [6.07, 6.45) is 12.9. The molecule has 5 unspecified atom stereocenters. The van der Waals surface area contributed by atoms with Crippen LogP contribution in [-0.4, -0.2) is 25.4 Å². The van der Waals surface area contributed by atoms with Crippen molar-refractivity contribution in [3.05, 3.63) is 48.5 Å². The molecule has 0 heterocycles. The summed E-state index contributed by atoms with van der Waals surface area (Å²) < 4.78 is 1.22. The number of nitrogens with zero attached hydrogens (tertiary/aromatic N) is 1. The molecule has 1 nitrogen and oxygen atoms in total. The van der Waals surface area contributed by atoms with Gasteiger partial charge in [0, 0.05) is 0 Å². The Hall–Kier alpha value is -0.378. The van der Waals surface area contributed by atoms with E-state index in [-0.39, 0.29) is 17.0 Å². The van der Waals surface area contributed by atoms with Crippen LogP contribution < -0.4 is 8.94 Å². The maximum atomic E-state index is 6.05. The van der Waals surface area contributed by atoms with Crippen molar-refractivity contribution in [2.24, 2.45) is 23.7 Å². The van der Waals surface area contributed by atoms with Crippen molar-refractivity contribution in [2.45, 2.75) is 62.7 Å². The minimum atomic E-state index is 0.105. The van der Waals surface area contributed by atoms with E-state index < -0.39 is 0 Å². The number of rotatable bonds is 5. The summed E-state index contributed by atoms with van der Waals surface area (Å²) in [6, 6.07) is 16.7. The molecule has 4 bridgehead atoms. The van der Waals surface area contributed by atoms with Crippen LogP contribution in [-0.2, 0) is 17.0 Å². The van der Waals surface area contributed by atoms with Crippen molar-refractivity contribution in [3.8, 4) is 11.1 Å². The van der Waals surface area contributed by atoms with E-state index in [4.69, 9.17) is 9.53 Å². The summed E-state index contributed by atoms with van der Waals surface area (Å²) in [5.74, 6) is 4.72. The van der Waals surface area contributed by atoms with Gasteiger partial charge in [-0.25, -0.2) is 0 Å². The summed E-state index contributed by atoms with van der Waals surface area (Å²) in [6.45, 7) is 0. The third-order valence-electron chi connectivity index (χ3n) is 8.49. The molecule has 0 radical (unpaired) electrons. The monoisotopic (exact) mass is 559 g/mol. The summed E-state index contributed by atoms with van der Waals surface area (Å²) in [5.41, 5.74) is 6.10. The van der Waals surface area contributed by atoms with Gasteiger partial charge in [-0.2, -0.15) is 0 Å². The number of hydrogen-bond acceptors (Lipinski definition) is 1. The van der Waals surface area contributed by atoms with E-state index in [1.54, 1.807) is 51.4 Å². The van der Waals surface area contributed by atoms with Crippen molar-refractivity contribution >= 4 is 27.8 Å². The van der Waals surface area contributed by atoms with Gasteiger partial charge in [-0.1, -0.05) is 12.8 Å². The number of benzene rings is 2. The van der Waals surface area contributed by atoms with E-state index in [9.17, 15) is 0 Å². The molecule has 4 fully saturated rings. The van der Waals surface area contributed by atoms with Crippen LogP contribution >= 0.6 is 18.1 Å². The first-order valence-corrected chi connectivity index (χ1v) is 16.4. The Balaban J connectivity index is 0.000000136. The number of halogens is 1. The van der Waals surface area contributed by atoms with Crippen molar-refractivity contribution in [1.82, 2.24) is 0 Å². The normalized spacial score (nSPS) is 32.6. The Morgan fingerprint density at radius 1 is 0.750 bits per heavy atom. The van der Waals surface area contributed by atoms with Gasteiger partial charge in [0.1, 0.15) is 0 Å². The van der Waals surface area contributed by atoms with Crippen LogP contribution in [0.25, 0.3) is 11.1 Å². The summed E-state index contributed by atoms with van der Waals surface area (Å²) in [4.78, 5) is 2.13. The molecule has 0 aromatic heterocycles. The van der Waals surface area contributed by atoms with Gasteiger partial charge in [-0.3, -0.25) is 0 Å². The molecular weight excluding hydrogens is 523 g/mol. The van der Waals surface area contributed by atoms with Crippen molar-refractivity contribution in [2.75, 3.05) is 19.0 Å². The first kappa shape index (κ1) is 23.4. The molecule has 2 aromatic carbocycles. The summed E-state index contributed by atoms with van der Waals surface area (Å²) in [5, 5.41) is 0. The molecule has 0 amide bonds. The van der Waals surface area contributed by atoms with Crippen LogP contribution in [0.15, 0.2) is 48.5 Å². The van der Waals surface area contributed by atoms with Crippen LogP contribution in [0.5, 0.6) is 0 Å². The second-order valence-corrected chi connectivity index (χ2v) is 14.3. The first-order chi connectivity index (χ1) is 15.6. The minimum absolute atomic E-state index is 0.105.